The lowest BCUT2D eigenvalue weighted by Crippen LogP contribution is -2.42. The van der Waals surface area contributed by atoms with Crippen LogP contribution in [0, 0.1) is 17.1 Å². The van der Waals surface area contributed by atoms with E-state index in [1.807, 2.05) is 32.9 Å². The maximum atomic E-state index is 14.5. The van der Waals surface area contributed by atoms with Crippen LogP contribution in [0.2, 0.25) is 0 Å². The lowest BCUT2D eigenvalue weighted by atomic mass is 9.66. The van der Waals surface area contributed by atoms with Crippen LogP contribution in [-0.4, -0.2) is 62.6 Å². The minimum Gasteiger partial charge on any atom is -0.358 e. The van der Waals surface area contributed by atoms with Crippen molar-refractivity contribution in [1.82, 2.24) is 36.2 Å². The summed E-state index contributed by atoms with van der Waals surface area (Å²) in [6.07, 6.45) is 7.07. The fraction of sp³-hybridized carbons (Fsp3) is 0.516. The Kier molecular flexibility index (Phi) is 8.09. The van der Waals surface area contributed by atoms with Crippen molar-refractivity contribution < 1.29 is 9.18 Å². The van der Waals surface area contributed by atoms with Gasteiger partial charge in [0.2, 0.25) is 5.91 Å². The lowest BCUT2D eigenvalue weighted by molar-refractivity contribution is -0.119. The van der Waals surface area contributed by atoms with Gasteiger partial charge in [-0.3, -0.25) is 4.79 Å². The van der Waals surface area contributed by atoms with Gasteiger partial charge in [0.05, 0.1) is 11.5 Å². The summed E-state index contributed by atoms with van der Waals surface area (Å²) in [5, 5.41) is 31.7. The summed E-state index contributed by atoms with van der Waals surface area (Å²) in [7, 11) is 0. The second-order valence-electron chi connectivity index (χ2n) is 12.3. The van der Waals surface area contributed by atoms with Gasteiger partial charge in [-0.1, -0.05) is 23.9 Å². The van der Waals surface area contributed by atoms with Crippen molar-refractivity contribution in [1.29, 1.82) is 5.26 Å². The van der Waals surface area contributed by atoms with Crippen molar-refractivity contribution in [3.63, 3.8) is 0 Å². The first-order valence-corrected chi connectivity index (χ1v) is 14.5. The molecule has 2 aliphatic carbocycles. The van der Waals surface area contributed by atoms with Gasteiger partial charge in [0.1, 0.15) is 11.9 Å². The fourth-order valence-electron chi connectivity index (χ4n) is 6.60. The van der Waals surface area contributed by atoms with Crippen LogP contribution in [0.5, 0.6) is 0 Å². The molecular formula is C31H39FN8O. The smallest absolute Gasteiger partial charge is 0.247 e. The molecule has 216 valence electrons. The number of nitrogens with one attached hydrogen (secondary N) is 3. The number of hydrogen-bond donors (Lipinski definition) is 3. The van der Waals surface area contributed by atoms with Gasteiger partial charge in [0, 0.05) is 29.9 Å². The van der Waals surface area contributed by atoms with Crippen LogP contribution in [-0.2, 0) is 16.6 Å². The van der Waals surface area contributed by atoms with Crippen LogP contribution < -0.4 is 10.6 Å². The molecule has 1 saturated heterocycles. The first-order valence-electron chi connectivity index (χ1n) is 14.5. The van der Waals surface area contributed by atoms with Crippen LogP contribution in [0.1, 0.15) is 76.2 Å². The molecule has 5 rings (SSSR count). The maximum Gasteiger partial charge on any atom is 0.247 e. The first-order chi connectivity index (χ1) is 19.6. The zero-order valence-corrected chi connectivity index (χ0v) is 24.2. The van der Waals surface area contributed by atoms with E-state index in [1.54, 1.807) is 6.07 Å². The van der Waals surface area contributed by atoms with Gasteiger partial charge in [0.25, 0.3) is 0 Å². The molecule has 2 unspecified atom stereocenters. The van der Waals surface area contributed by atoms with E-state index in [0.29, 0.717) is 51.0 Å². The number of carbonyl (C=O) groups is 1. The molecular weight excluding hydrogens is 519 g/mol. The Hall–Kier alpha value is -3.84. The molecule has 2 aromatic rings. The molecule has 3 aliphatic rings. The fourth-order valence-corrected chi connectivity index (χ4v) is 6.60. The average Bonchev–Trinajstić information content (AvgIpc) is 3.62. The third kappa shape index (κ3) is 5.82. The molecule has 3 N–H and O–H groups in total. The molecule has 0 bridgehead atoms. The zero-order valence-electron chi connectivity index (χ0n) is 24.2. The zero-order chi connectivity index (χ0) is 29.2. The number of aromatic nitrogens is 4. The summed E-state index contributed by atoms with van der Waals surface area (Å²) in [5.41, 5.74) is 4.70. The number of tetrazole rings is 1. The van der Waals surface area contributed by atoms with E-state index in [-0.39, 0.29) is 23.3 Å². The van der Waals surface area contributed by atoms with E-state index in [1.165, 1.54) is 6.07 Å². The molecule has 41 heavy (non-hydrogen) atoms. The summed E-state index contributed by atoms with van der Waals surface area (Å²) >= 11 is 0. The summed E-state index contributed by atoms with van der Waals surface area (Å²) in [4.78, 5) is 15.2. The van der Waals surface area contributed by atoms with Gasteiger partial charge >= 0.3 is 0 Å². The minimum atomic E-state index is -0.748. The van der Waals surface area contributed by atoms with Crippen molar-refractivity contribution in [3.05, 3.63) is 76.0 Å². The number of likely N-dealkylation sites (tertiary alicyclic amines) is 1. The average molecular weight is 559 g/mol. The Bertz CT molecular complexity index is 1410. The normalized spacial score (nSPS) is 22.4. The quantitative estimate of drug-likeness (QED) is 0.419. The number of benzene rings is 1. The number of halogens is 1. The lowest BCUT2D eigenvalue weighted by Gasteiger charge is -2.37. The molecule has 0 saturated carbocycles. The highest BCUT2D eigenvalue weighted by Gasteiger charge is 2.46. The highest BCUT2D eigenvalue weighted by Crippen LogP contribution is 2.50. The Morgan fingerprint density at radius 1 is 1.29 bits per heavy atom. The van der Waals surface area contributed by atoms with E-state index in [0.717, 1.165) is 52.9 Å². The van der Waals surface area contributed by atoms with Crippen molar-refractivity contribution >= 4 is 5.91 Å². The highest BCUT2D eigenvalue weighted by atomic mass is 19.1. The predicted octanol–water partition coefficient (Wildman–Crippen LogP) is 3.98. The van der Waals surface area contributed by atoms with Gasteiger partial charge in [-0.15, -0.1) is 10.2 Å². The molecule has 2 atom stereocenters. The minimum absolute atomic E-state index is 0.0558. The van der Waals surface area contributed by atoms with Crippen LogP contribution in [0.3, 0.4) is 0 Å². The van der Waals surface area contributed by atoms with Gasteiger partial charge < -0.3 is 15.5 Å². The number of allylic oxidation sites excluding steroid dienone is 3. The molecule has 0 spiro atoms. The molecule has 10 heteroatoms. The van der Waals surface area contributed by atoms with Crippen LogP contribution in [0.15, 0.2) is 53.3 Å². The largest absolute Gasteiger partial charge is 0.358 e. The third-order valence-electron chi connectivity index (χ3n) is 8.41. The molecule has 1 aromatic heterocycles. The monoisotopic (exact) mass is 558 g/mol. The number of rotatable bonds is 8. The van der Waals surface area contributed by atoms with E-state index in [4.69, 9.17) is 0 Å². The standard InChI is InChI=1S/C31H39FN8O/c1-20(40-15-5-6-25(40)18-33)19-34-14-13-31(29-36-38-39-37-29)26-11-9-23(28(41)35-30(2,3)4)16-21(26)7-8-22-17-24(32)10-12-27(22)31/h10,12,16-17,25,34H,1,5-9,11,13-15,19H2,2-4H3,(H,35,41)(H,36,37,38,39). The van der Waals surface area contributed by atoms with Gasteiger partial charge in [-0.2, -0.15) is 10.5 Å². The second kappa shape index (κ2) is 11.6. The summed E-state index contributed by atoms with van der Waals surface area (Å²) in [6.45, 7) is 12.2. The summed E-state index contributed by atoms with van der Waals surface area (Å²) in [5.74, 6) is 0.207. The molecule has 1 aliphatic heterocycles. The maximum absolute atomic E-state index is 14.5. The molecule has 2 heterocycles. The van der Waals surface area contributed by atoms with Crippen molar-refractivity contribution in [3.8, 4) is 6.07 Å². The molecule has 0 radical (unpaired) electrons. The van der Waals surface area contributed by atoms with E-state index in [2.05, 4.69) is 48.8 Å². The SMILES string of the molecule is C=C(CNCCC1(c2nn[nH]n2)C2=C(C=C(C(=O)NC(C)(C)C)CC2)CCc2cc(F)ccc21)N1CCCC1C#N. The number of hydrogen-bond acceptors (Lipinski definition) is 7. The number of nitrogens with zero attached hydrogens (tertiary/aromatic N) is 5. The first kappa shape index (κ1) is 28.7. The predicted molar refractivity (Wildman–Crippen MR) is 154 cm³/mol. The van der Waals surface area contributed by atoms with E-state index in [9.17, 15) is 14.4 Å². The van der Waals surface area contributed by atoms with E-state index >= 15 is 0 Å². The number of H-pyrrole nitrogens is 1. The van der Waals surface area contributed by atoms with Gasteiger partial charge in [-0.05, 0) is 107 Å². The summed E-state index contributed by atoms with van der Waals surface area (Å²) in [6, 6.07) is 7.24. The van der Waals surface area contributed by atoms with Crippen molar-refractivity contribution in [2.75, 3.05) is 19.6 Å². The number of nitriles is 1. The molecule has 1 aromatic carbocycles. The topological polar surface area (TPSA) is 123 Å². The number of aromatic amines is 1. The molecule has 1 amide bonds. The van der Waals surface area contributed by atoms with E-state index < -0.39 is 5.41 Å². The highest BCUT2D eigenvalue weighted by molar-refractivity contribution is 5.94. The van der Waals surface area contributed by atoms with Crippen LogP contribution in [0.25, 0.3) is 0 Å². The van der Waals surface area contributed by atoms with Crippen molar-refractivity contribution in [2.24, 2.45) is 0 Å². The number of amides is 1. The molecule has 1 fully saturated rings. The number of aryl methyl sites for hydroxylation is 1. The van der Waals surface area contributed by atoms with Crippen LogP contribution in [0.4, 0.5) is 4.39 Å². The number of carbonyl (C=O) groups excluding carboxylic acids is 1. The Balaban J connectivity index is 1.50. The van der Waals surface area contributed by atoms with Crippen molar-refractivity contribution in [2.45, 2.75) is 82.7 Å². The Morgan fingerprint density at radius 2 is 2.12 bits per heavy atom. The molecule has 9 nitrogen and oxygen atoms in total. The Labute approximate surface area is 241 Å². The Morgan fingerprint density at radius 3 is 2.85 bits per heavy atom. The van der Waals surface area contributed by atoms with Crippen LogP contribution >= 0.6 is 0 Å². The van der Waals surface area contributed by atoms with Gasteiger partial charge in [-0.25, -0.2) is 4.39 Å². The third-order valence-corrected chi connectivity index (χ3v) is 8.41. The van der Waals surface area contributed by atoms with Gasteiger partial charge in [0.15, 0.2) is 5.82 Å². The number of fused-ring (bicyclic) bond motifs is 1. The second-order valence-corrected chi connectivity index (χ2v) is 12.3. The summed E-state index contributed by atoms with van der Waals surface area (Å²) < 4.78 is 14.5.